The van der Waals surface area contributed by atoms with Crippen molar-refractivity contribution in [3.8, 4) is 0 Å². The fraction of sp³-hybridized carbons (Fsp3) is 0.486. The molecule has 3 aromatic rings. The summed E-state index contributed by atoms with van der Waals surface area (Å²) in [6, 6.07) is 21.8. The third kappa shape index (κ3) is 7.90. The minimum Gasteiger partial charge on any atom is -0.350 e. The number of rotatable bonds is 10. The highest BCUT2D eigenvalue weighted by atomic mass is 35.5. The molecule has 5 rings (SSSR count). The molecule has 3 aromatic carbocycles. The SMILES string of the molecule is CC[C@H](CN1CC[C@@H](CNC(=O)c2ccc3cc(Cl)ccc3c2)N[C@@H](CCC2CCCCC2)C1=O)c1ccccc1. The smallest absolute Gasteiger partial charge is 0.251 e. The summed E-state index contributed by atoms with van der Waals surface area (Å²) in [5.74, 6) is 1.17. The lowest BCUT2D eigenvalue weighted by atomic mass is 9.85. The Labute approximate surface area is 250 Å². The van der Waals surface area contributed by atoms with Gasteiger partial charge in [-0.25, -0.2) is 0 Å². The van der Waals surface area contributed by atoms with Crippen LogP contribution in [0.15, 0.2) is 66.7 Å². The quantitative estimate of drug-likeness (QED) is 0.267. The van der Waals surface area contributed by atoms with Crippen LogP contribution in [0, 0.1) is 5.92 Å². The molecule has 0 radical (unpaired) electrons. The minimum atomic E-state index is -0.208. The number of fused-ring (bicyclic) bond motifs is 1. The molecule has 1 saturated carbocycles. The molecule has 0 unspecified atom stereocenters. The summed E-state index contributed by atoms with van der Waals surface area (Å²) in [7, 11) is 0. The zero-order valence-corrected chi connectivity index (χ0v) is 25.0. The number of amides is 2. The van der Waals surface area contributed by atoms with Gasteiger partial charge in [0.05, 0.1) is 6.04 Å². The van der Waals surface area contributed by atoms with E-state index in [-0.39, 0.29) is 23.9 Å². The maximum Gasteiger partial charge on any atom is 0.251 e. The number of nitrogens with zero attached hydrogens (tertiary/aromatic N) is 1. The average Bonchev–Trinajstić information content (AvgIpc) is 3.16. The lowest BCUT2D eigenvalue weighted by Crippen LogP contribution is -2.49. The molecule has 1 heterocycles. The predicted molar refractivity (Wildman–Crippen MR) is 168 cm³/mol. The molecule has 2 aliphatic rings. The van der Waals surface area contributed by atoms with Gasteiger partial charge in [-0.1, -0.05) is 93.1 Å². The van der Waals surface area contributed by atoms with Crippen molar-refractivity contribution in [1.29, 1.82) is 0 Å². The summed E-state index contributed by atoms with van der Waals surface area (Å²) >= 11 is 6.12. The van der Waals surface area contributed by atoms with E-state index in [0.717, 1.165) is 48.9 Å². The maximum atomic E-state index is 13.9. The first-order chi connectivity index (χ1) is 20.0. The molecular weight excluding hydrogens is 530 g/mol. The number of nitrogens with one attached hydrogen (secondary N) is 2. The van der Waals surface area contributed by atoms with E-state index in [0.29, 0.717) is 29.6 Å². The van der Waals surface area contributed by atoms with Crippen LogP contribution in [0.5, 0.6) is 0 Å². The van der Waals surface area contributed by atoms with Crippen molar-refractivity contribution in [3.05, 3.63) is 82.9 Å². The Morgan fingerprint density at radius 3 is 2.51 bits per heavy atom. The Bertz CT molecular complexity index is 1310. The van der Waals surface area contributed by atoms with Gasteiger partial charge in [0, 0.05) is 42.2 Å². The van der Waals surface area contributed by atoms with Crippen molar-refractivity contribution in [3.63, 3.8) is 0 Å². The van der Waals surface area contributed by atoms with Crippen molar-refractivity contribution in [2.45, 2.75) is 82.7 Å². The first-order valence-electron chi connectivity index (χ1n) is 15.6. The molecule has 0 aromatic heterocycles. The second kappa shape index (κ2) is 14.3. The lowest BCUT2D eigenvalue weighted by molar-refractivity contribution is -0.133. The molecule has 2 amide bonds. The van der Waals surface area contributed by atoms with Gasteiger partial charge in [-0.3, -0.25) is 9.59 Å². The van der Waals surface area contributed by atoms with Crippen LogP contribution in [0.25, 0.3) is 10.8 Å². The zero-order chi connectivity index (χ0) is 28.6. The second-order valence-electron chi connectivity index (χ2n) is 12.0. The molecule has 2 N–H and O–H groups in total. The van der Waals surface area contributed by atoms with E-state index in [4.69, 9.17) is 11.6 Å². The fourth-order valence-electron chi connectivity index (χ4n) is 6.65. The average molecular weight is 574 g/mol. The number of carbonyl (C=O) groups excluding carboxylic acids is 2. The monoisotopic (exact) mass is 573 g/mol. The van der Waals surface area contributed by atoms with Crippen molar-refractivity contribution >= 4 is 34.2 Å². The van der Waals surface area contributed by atoms with Crippen LogP contribution in [0.2, 0.25) is 5.02 Å². The van der Waals surface area contributed by atoms with Gasteiger partial charge in [0.15, 0.2) is 0 Å². The number of halogens is 1. The molecule has 41 heavy (non-hydrogen) atoms. The predicted octanol–water partition coefficient (Wildman–Crippen LogP) is 7.34. The van der Waals surface area contributed by atoms with E-state index >= 15 is 0 Å². The van der Waals surface area contributed by atoms with E-state index in [1.54, 1.807) is 0 Å². The summed E-state index contributed by atoms with van der Waals surface area (Å²) in [5, 5.41) is 9.52. The van der Waals surface area contributed by atoms with E-state index in [1.807, 2.05) is 42.5 Å². The summed E-state index contributed by atoms with van der Waals surface area (Å²) in [6.45, 7) is 4.14. The molecule has 1 saturated heterocycles. The number of carbonyl (C=O) groups is 2. The third-order valence-corrected chi connectivity index (χ3v) is 9.40. The van der Waals surface area contributed by atoms with Gasteiger partial charge >= 0.3 is 0 Å². The van der Waals surface area contributed by atoms with Gasteiger partial charge < -0.3 is 15.5 Å². The molecular formula is C35H44ClN3O2. The van der Waals surface area contributed by atoms with Crippen LogP contribution < -0.4 is 10.6 Å². The number of benzene rings is 3. The van der Waals surface area contributed by atoms with Gasteiger partial charge in [-0.2, -0.15) is 0 Å². The Morgan fingerprint density at radius 1 is 0.976 bits per heavy atom. The first kappa shape index (κ1) is 29.6. The molecule has 2 fully saturated rings. The van der Waals surface area contributed by atoms with Crippen molar-refractivity contribution in [1.82, 2.24) is 15.5 Å². The van der Waals surface area contributed by atoms with Crippen molar-refractivity contribution in [2.24, 2.45) is 5.92 Å². The summed E-state index contributed by atoms with van der Waals surface area (Å²) in [4.78, 5) is 29.1. The Hall–Kier alpha value is -2.89. The zero-order valence-electron chi connectivity index (χ0n) is 24.3. The highest BCUT2D eigenvalue weighted by molar-refractivity contribution is 6.31. The molecule has 0 bridgehead atoms. The third-order valence-electron chi connectivity index (χ3n) is 9.16. The topological polar surface area (TPSA) is 61.4 Å². The minimum absolute atomic E-state index is 0.0420. The second-order valence-corrected chi connectivity index (χ2v) is 12.4. The molecule has 218 valence electrons. The van der Waals surface area contributed by atoms with Crippen molar-refractivity contribution in [2.75, 3.05) is 19.6 Å². The van der Waals surface area contributed by atoms with E-state index in [2.05, 4.69) is 46.7 Å². The summed E-state index contributed by atoms with van der Waals surface area (Å²) < 4.78 is 0. The van der Waals surface area contributed by atoms with Gasteiger partial charge in [0.2, 0.25) is 5.91 Å². The van der Waals surface area contributed by atoms with Gasteiger partial charge in [-0.15, -0.1) is 0 Å². The van der Waals surface area contributed by atoms with E-state index < -0.39 is 0 Å². The number of hydrogen-bond acceptors (Lipinski definition) is 3. The van der Waals surface area contributed by atoms with Crippen LogP contribution in [-0.2, 0) is 4.79 Å². The number of hydrogen-bond donors (Lipinski definition) is 2. The van der Waals surface area contributed by atoms with Crippen molar-refractivity contribution < 1.29 is 9.59 Å². The van der Waals surface area contributed by atoms with Gasteiger partial charge in [0.25, 0.3) is 5.91 Å². The normalized spacial score (nSPS) is 21.0. The van der Waals surface area contributed by atoms with Crippen LogP contribution in [0.4, 0.5) is 0 Å². The Morgan fingerprint density at radius 2 is 1.73 bits per heavy atom. The first-order valence-corrected chi connectivity index (χ1v) is 15.9. The molecule has 6 heteroatoms. The Kier molecular flexibility index (Phi) is 10.3. The van der Waals surface area contributed by atoms with Crippen LogP contribution in [0.3, 0.4) is 0 Å². The molecule has 1 aliphatic heterocycles. The van der Waals surface area contributed by atoms with E-state index in [1.165, 1.54) is 37.7 Å². The Balaban J connectivity index is 1.26. The molecule has 5 nitrogen and oxygen atoms in total. The fourth-order valence-corrected chi connectivity index (χ4v) is 6.83. The molecule has 1 aliphatic carbocycles. The highest BCUT2D eigenvalue weighted by Gasteiger charge is 2.32. The lowest BCUT2D eigenvalue weighted by Gasteiger charge is -2.29. The van der Waals surface area contributed by atoms with Gasteiger partial charge in [-0.05, 0) is 72.2 Å². The van der Waals surface area contributed by atoms with Crippen LogP contribution in [0.1, 0.15) is 86.6 Å². The molecule has 0 spiro atoms. The van der Waals surface area contributed by atoms with E-state index in [9.17, 15) is 9.59 Å². The standard InChI is InChI=1S/C35H44ClN3O2/c1-2-26(27-11-7-4-8-12-27)24-39-20-19-32(38-33(35(39)41)18-13-25-9-5-3-6-10-25)23-37-34(40)30-15-14-29-22-31(36)17-16-28(29)21-30/h4,7-8,11-12,14-17,21-22,25-26,32-33,38H,2-3,5-6,9-10,13,18-20,23-24H2,1H3,(H,37,40)/t26-,32+,33+/m1/s1. The molecule has 3 atom stereocenters. The summed E-state index contributed by atoms with van der Waals surface area (Å²) in [6.07, 6.45) is 10.3. The van der Waals surface area contributed by atoms with Crippen LogP contribution >= 0.6 is 11.6 Å². The van der Waals surface area contributed by atoms with Crippen LogP contribution in [-0.4, -0.2) is 48.4 Å². The highest BCUT2D eigenvalue weighted by Crippen LogP contribution is 2.29. The van der Waals surface area contributed by atoms with Gasteiger partial charge in [0.1, 0.15) is 0 Å². The maximum absolute atomic E-state index is 13.9. The largest absolute Gasteiger partial charge is 0.350 e. The summed E-state index contributed by atoms with van der Waals surface area (Å²) in [5.41, 5.74) is 1.92.